The minimum absolute atomic E-state index is 0.0679. The number of fused-ring (bicyclic) bond motifs is 1. The lowest BCUT2D eigenvalue weighted by atomic mass is 10.2. The van der Waals surface area contributed by atoms with Crippen molar-refractivity contribution >= 4 is 44.5 Å². The fourth-order valence-electron chi connectivity index (χ4n) is 2.65. The Morgan fingerprint density at radius 3 is 2.81 bits per heavy atom. The lowest BCUT2D eigenvalue weighted by Gasteiger charge is -2.04. The molecule has 0 bridgehead atoms. The summed E-state index contributed by atoms with van der Waals surface area (Å²) in [5.41, 5.74) is 3.31. The molecule has 0 unspecified atom stereocenters. The van der Waals surface area contributed by atoms with E-state index in [1.807, 2.05) is 48.0 Å². The van der Waals surface area contributed by atoms with Crippen LogP contribution in [0.25, 0.3) is 10.2 Å². The molecule has 0 saturated heterocycles. The zero-order chi connectivity index (χ0) is 18.8. The minimum Gasteiger partial charge on any atom is -0.326 e. The van der Waals surface area contributed by atoms with Gasteiger partial charge in [0.05, 0.1) is 30.5 Å². The first-order chi connectivity index (χ1) is 13.1. The summed E-state index contributed by atoms with van der Waals surface area (Å²) in [4.78, 5) is 33.4. The number of rotatable bonds is 5. The van der Waals surface area contributed by atoms with E-state index in [0.717, 1.165) is 16.9 Å². The van der Waals surface area contributed by atoms with Crippen LogP contribution in [0.2, 0.25) is 0 Å². The number of thiazole rings is 1. The van der Waals surface area contributed by atoms with Gasteiger partial charge in [-0.15, -0.1) is 22.7 Å². The molecule has 3 aromatic heterocycles. The number of thiophene rings is 1. The largest absolute Gasteiger partial charge is 0.326 e. The Morgan fingerprint density at radius 1 is 1.19 bits per heavy atom. The van der Waals surface area contributed by atoms with E-state index in [9.17, 15) is 9.59 Å². The second-order valence-corrected chi connectivity index (χ2v) is 7.99. The number of amides is 1. The highest BCUT2D eigenvalue weighted by molar-refractivity contribution is 7.17. The zero-order valence-electron chi connectivity index (χ0n) is 14.5. The fraction of sp³-hybridized carbons (Fsp3) is 0.158. The molecule has 0 saturated carbocycles. The second-order valence-electron chi connectivity index (χ2n) is 6.14. The van der Waals surface area contributed by atoms with Crippen molar-refractivity contribution in [1.82, 2.24) is 14.5 Å². The minimum atomic E-state index is -0.112. The highest BCUT2D eigenvalue weighted by Crippen LogP contribution is 2.16. The van der Waals surface area contributed by atoms with Crippen molar-refractivity contribution in [2.24, 2.45) is 0 Å². The lowest BCUT2D eigenvalue weighted by molar-refractivity contribution is -0.115. The van der Waals surface area contributed by atoms with Gasteiger partial charge in [0.2, 0.25) is 5.91 Å². The first-order valence-corrected chi connectivity index (χ1v) is 10.1. The molecule has 8 heteroatoms. The van der Waals surface area contributed by atoms with Crippen LogP contribution in [0.4, 0.5) is 5.69 Å². The van der Waals surface area contributed by atoms with Crippen LogP contribution >= 0.6 is 22.7 Å². The number of benzene rings is 1. The van der Waals surface area contributed by atoms with Gasteiger partial charge >= 0.3 is 0 Å². The molecule has 1 amide bonds. The molecule has 4 rings (SSSR count). The maximum atomic E-state index is 12.5. The third kappa shape index (κ3) is 3.96. The van der Waals surface area contributed by atoms with Gasteiger partial charge in [-0.05, 0) is 30.5 Å². The average molecular weight is 396 g/mol. The lowest BCUT2D eigenvalue weighted by Crippen LogP contribution is -2.20. The molecule has 3 heterocycles. The Hall–Kier alpha value is -2.84. The number of anilines is 1. The number of nitrogens with one attached hydrogen (secondary N) is 1. The summed E-state index contributed by atoms with van der Waals surface area (Å²) in [5.74, 6) is -0.112. The standard InChI is InChI=1S/C19H16N4O2S2/c1-12-2-4-13(5-3-12)21-16(24)8-17-22-14(10-27-17)9-23-11-20-15-6-7-26-18(15)19(23)25/h2-7,10-11H,8-9H2,1H3,(H,21,24). The van der Waals surface area contributed by atoms with E-state index in [1.165, 1.54) is 22.7 Å². The van der Waals surface area contributed by atoms with Gasteiger partial charge in [-0.25, -0.2) is 9.97 Å². The van der Waals surface area contributed by atoms with Crippen LogP contribution in [0.1, 0.15) is 16.3 Å². The summed E-state index contributed by atoms with van der Waals surface area (Å²) < 4.78 is 2.19. The third-order valence-electron chi connectivity index (χ3n) is 4.01. The van der Waals surface area contributed by atoms with Gasteiger partial charge in [-0.3, -0.25) is 14.2 Å². The number of aromatic nitrogens is 3. The van der Waals surface area contributed by atoms with Crippen LogP contribution in [-0.2, 0) is 17.8 Å². The highest BCUT2D eigenvalue weighted by atomic mass is 32.1. The van der Waals surface area contributed by atoms with E-state index in [1.54, 1.807) is 10.9 Å². The molecule has 0 fully saturated rings. The summed E-state index contributed by atoms with van der Waals surface area (Å²) in [7, 11) is 0. The Kier molecular flexibility index (Phi) is 4.83. The zero-order valence-corrected chi connectivity index (χ0v) is 16.1. The van der Waals surface area contributed by atoms with Gasteiger partial charge in [0.15, 0.2) is 0 Å². The molecular weight excluding hydrogens is 380 g/mol. The predicted octanol–water partition coefficient (Wildman–Crippen LogP) is 3.45. The van der Waals surface area contributed by atoms with Crippen LogP contribution in [-0.4, -0.2) is 20.4 Å². The first-order valence-electron chi connectivity index (χ1n) is 8.31. The molecule has 0 aliphatic heterocycles. The number of hydrogen-bond acceptors (Lipinski definition) is 6. The van der Waals surface area contributed by atoms with Crippen molar-refractivity contribution in [2.45, 2.75) is 19.9 Å². The quantitative estimate of drug-likeness (QED) is 0.560. The van der Waals surface area contributed by atoms with Crippen LogP contribution in [0.15, 0.2) is 52.2 Å². The van der Waals surface area contributed by atoms with Crippen molar-refractivity contribution < 1.29 is 4.79 Å². The molecule has 1 aromatic carbocycles. The molecule has 0 radical (unpaired) electrons. The van der Waals surface area contributed by atoms with Crippen LogP contribution < -0.4 is 10.9 Å². The average Bonchev–Trinajstić information content (AvgIpc) is 3.29. The highest BCUT2D eigenvalue weighted by Gasteiger charge is 2.11. The van der Waals surface area contributed by atoms with Crippen molar-refractivity contribution in [2.75, 3.05) is 5.32 Å². The first kappa shape index (κ1) is 17.6. The SMILES string of the molecule is Cc1ccc(NC(=O)Cc2nc(Cn3cnc4ccsc4c3=O)cs2)cc1. The van der Waals surface area contributed by atoms with Gasteiger partial charge in [0, 0.05) is 11.1 Å². The Morgan fingerprint density at radius 2 is 2.00 bits per heavy atom. The van der Waals surface area contributed by atoms with Crippen molar-refractivity contribution in [3.63, 3.8) is 0 Å². The molecule has 0 aliphatic rings. The normalized spacial score (nSPS) is 11.0. The number of hydrogen-bond donors (Lipinski definition) is 1. The van der Waals surface area contributed by atoms with E-state index in [0.29, 0.717) is 21.8 Å². The van der Waals surface area contributed by atoms with Gasteiger partial charge in [-0.1, -0.05) is 17.7 Å². The van der Waals surface area contributed by atoms with Gasteiger partial charge < -0.3 is 5.32 Å². The van der Waals surface area contributed by atoms with Crippen LogP contribution in [0.5, 0.6) is 0 Å². The summed E-state index contributed by atoms with van der Waals surface area (Å²) in [6.07, 6.45) is 1.75. The summed E-state index contributed by atoms with van der Waals surface area (Å²) >= 11 is 2.80. The molecular formula is C19H16N4O2S2. The smallest absolute Gasteiger partial charge is 0.271 e. The summed E-state index contributed by atoms with van der Waals surface area (Å²) in [5, 5.41) is 7.32. The van der Waals surface area contributed by atoms with Crippen molar-refractivity contribution in [1.29, 1.82) is 0 Å². The van der Waals surface area contributed by atoms with E-state index in [-0.39, 0.29) is 17.9 Å². The second kappa shape index (κ2) is 7.42. The maximum absolute atomic E-state index is 12.5. The molecule has 27 heavy (non-hydrogen) atoms. The predicted molar refractivity (Wildman–Crippen MR) is 109 cm³/mol. The fourth-order valence-corrected chi connectivity index (χ4v) is 4.22. The number of aryl methyl sites for hydroxylation is 1. The van der Waals surface area contributed by atoms with Crippen molar-refractivity contribution in [3.05, 3.63) is 74.0 Å². The topological polar surface area (TPSA) is 76.9 Å². The van der Waals surface area contributed by atoms with E-state index >= 15 is 0 Å². The third-order valence-corrected chi connectivity index (χ3v) is 5.80. The summed E-state index contributed by atoms with van der Waals surface area (Å²) in [6.45, 7) is 2.34. The Labute approximate surface area is 163 Å². The molecule has 136 valence electrons. The monoisotopic (exact) mass is 396 g/mol. The number of carbonyl (C=O) groups excluding carboxylic acids is 1. The van der Waals surface area contributed by atoms with Crippen molar-refractivity contribution in [3.8, 4) is 0 Å². The number of nitrogens with zero attached hydrogens (tertiary/aromatic N) is 3. The molecule has 4 aromatic rings. The molecule has 0 atom stereocenters. The van der Waals surface area contributed by atoms with E-state index < -0.39 is 0 Å². The van der Waals surface area contributed by atoms with Gasteiger partial charge in [0.25, 0.3) is 5.56 Å². The Bertz CT molecular complexity index is 1160. The number of carbonyl (C=O) groups is 1. The van der Waals surface area contributed by atoms with E-state index in [2.05, 4.69) is 15.3 Å². The summed E-state index contributed by atoms with van der Waals surface area (Å²) in [6, 6.07) is 9.49. The molecule has 6 nitrogen and oxygen atoms in total. The molecule has 0 aliphatic carbocycles. The Balaban J connectivity index is 1.43. The van der Waals surface area contributed by atoms with Crippen LogP contribution in [0.3, 0.4) is 0 Å². The maximum Gasteiger partial charge on any atom is 0.271 e. The molecule has 1 N–H and O–H groups in total. The molecule has 0 spiro atoms. The van der Waals surface area contributed by atoms with E-state index in [4.69, 9.17) is 0 Å². The van der Waals surface area contributed by atoms with Gasteiger partial charge in [0.1, 0.15) is 9.71 Å². The van der Waals surface area contributed by atoms with Crippen LogP contribution in [0, 0.1) is 6.92 Å². The van der Waals surface area contributed by atoms with Gasteiger partial charge in [-0.2, -0.15) is 0 Å².